The van der Waals surface area contributed by atoms with Gasteiger partial charge in [-0.15, -0.1) is 23.1 Å². The van der Waals surface area contributed by atoms with Crippen molar-refractivity contribution in [3.63, 3.8) is 0 Å². The molecule has 0 atom stereocenters. The van der Waals surface area contributed by atoms with Crippen LogP contribution in [0.15, 0.2) is 29.2 Å². The van der Waals surface area contributed by atoms with Gasteiger partial charge in [-0.05, 0) is 31.7 Å². The number of aromatic nitrogens is 1. The number of benzene rings is 1. The molecule has 8 heteroatoms. The molecule has 2 aromatic rings. The Bertz CT molecular complexity index is 850. The van der Waals surface area contributed by atoms with Crippen LogP contribution >= 0.6 is 23.1 Å². The first kappa shape index (κ1) is 20.6. The molecule has 1 aromatic heterocycles. The molecular weight excluding hydrogens is 398 g/mol. The summed E-state index contributed by atoms with van der Waals surface area (Å²) in [5.74, 6) is 1.31. The molecule has 0 amide bonds. The lowest BCUT2D eigenvalue weighted by atomic mass is 10.1. The van der Waals surface area contributed by atoms with Crippen LogP contribution in [0.3, 0.4) is 0 Å². The zero-order valence-corrected chi connectivity index (χ0v) is 18.1. The Morgan fingerprint density at radius 3 is 2.81 bits per heavy atom. The Kier molecular flexibility index (Phi) is 7.57. The number of fused-ring (bicyclic) bond motifs is 3. The largest absolute Gasteiger partial charge is 0.361 e. The van der Waals surface area contributed by atoms with E-state index in [1.54, 1.807) is 11.3 Å². The zero-order valence-electron chi connectivity index (χ0n) is 15.7. The van der Waals surface area contributed by atoms with Crippen molar-refractivity contribution in [3.8, 4) is 11.3 Å². The molecule has 0 saturated heterocycles. The Labute approximate surface area is 170 Å². The Morgan fingerprint density at radius 2 is 1.96 bits per heavy atom. The molecule has 2 N–H and O–H groups in total. The SMILES string of the molecule is CCCS(=O)(=O)NCCCCCNc1nc2c(s1)CCSc1ccccc1-2. The maximum atomic E-state index is 11.6. The van der Waals surface area contributed by atoms with Crippen molar-refractivity contribution in [1.82, 2.24) is 9.71 Å². The first-order valence-corrected chi connectivity index (χ1v) is 13.0. The third kappa shape index (κ3) is 5.94. The number of sulfonamides is 1. The number of unbranched alkanes of at least 4 members (excludes halogenated alkanes) is 2. The molecule has 0 spiro atoms. The lowest BCUT2D eigenvalue weighted by Gasteiger charge is -2.06. The molecular formula is C19H27N3O2S3. The molecule has 1 aliphatic rings. The van der Waals surface area contributed by atoms with E-state index in [1.165, 1.54) is 15.3 Å². The lowest BCUT2D eigenvalue weighted by molar-refractivity contribution is 0.574. The van der Waals surface area contributed by atoms with Gasteiger partial charge in [-0.2, -0.15) is 0 Å². The summed E-state index contributed by atoms with van der Waals surface area (Å²) in [4.78, 5) is 7.52. The van der Waals surface area contributed by atoms with Gasteiger partial charge in [0, 0.05) is 34.2 Å². The number of hydrogen-bond acceptors (Lipinski definition) is 6. The van der Waals surface area contributed by atoms with Crippen molar-refractivity contribution in [2.75, 3.05) is 29.9 Å². The van der Waals surface area contributed by atoms with Crippen LogP contribution in [-0.4, -0.2) is 38.0 Å². The molecule has 0 fully saturated rings. The topological polar surface area (TPSA) is 71.1 Å². The molecule has 1 aliphatic heterocycles. The maximum Gasteiger partial charge on any atom is 0.211 e. The van der Waals surface area contributed by atoms with Gasteiger partial charge in [0.2, 0.25) is 10.0 Å². The van der Waals surface area contributed by atoms with Crippen LogP contribution in [0.25, 0.3) is 11.3 Å². The van der Waals surface area contributed by atoms with E-state index in [0.717, 1.165) is 48.8 Å². The molecule has 5 nitrogen and oxygen atoms in total. The highest BCUT2D eigenvalue weighted by Gasteiger charge is 2.19. The first-order chi connectivity index (χ1) is 13.1. The fourth-order valence-electron chi connectivity index (χ4n) is 3.04. The van der Waals surface area contributed by atoms with Crippen molar-refractivity contribution in [3.05, 3.63) is 29.1 Å². The summed E-state index contributed by atoms with van der Waals surface area (Å²) in [6.07, 6.45) is 4.58. The second-order valence-electron chi connectivity index (χ2n) is 6.59. The number of nitrogens with one attached hydrogen (secondary N) is 2. The van der Waals surface area contributed by atoms with Crippen molar-refractivity contribution in [2.45, 2.75) is 43.9 Å². The summed E-state index contributed by atoms with van der Waals surface area (Å²) in [5.41, 5.74) is 2.38. The van der Waals surface area contributed by atoms with Crippen LogP contribution < -0.4 is 10.0 Å². The minimum absolute atomic E-state index is 0.213. The van der Waals surface area contributed by atoms with Gasteiger partial charge in [0.1, 0.15) is 0 Å². The summed E-state index contributed by atoms with van der Waals surface area (Å²) >= 11 is 3.67. The monoisotopic (exact) mass is 425 g/mol. The quantitative estimate of drug-likeness (QED) is 0.553. The van der Waals surface area contributed by atoms with E-state index in [1.807, 2.05) is 18.7 Å². The van der Waals surface area contributed by atoms with E-state index >= 15 is 0 Å². The van der Waals surface area contributed by atoms with Crippen molar-refractivity contribution < 1.29 is 8.42 Å². The van der Waals surface area contributed by atoms with Crippen LogP contribution in [0.5, 0.6) is 0 Å². The molecule has 2 heterocycles. The van der Waals surface area contributed by atoms with Gasteiger partial charge in [0.05, 0.1) is 11.4 Å². The predicted octanol–water partition coefficient (Wildman–Crippen LogP) is 4.37. The Hall–Kier alpha value is -1.09. The summed E-state index contributed by atoms with van der Waals surface area (Å²) in [6, 6.07) is 8.51. The van der Waals surface area contributed by atoms with E-state index in [0.29, 0.717) is 13.0 Å². The van der Waals surface area contributed by atoms with Crippen LogP contribution in [-0.2, 0) is 16.4 Å². The van der Waals surface area contributed by atoms with Crippen LogP contribution in [0.2, 0.25) is 0 Å². The average Bonchev–Trinajstić information content (AvgIpc) is 2.96. The third-order valence-corrected chi connectivity index (χ3v) is 8.09. The number of thioether (sulfide) groups is 1. The number of nitrogens with zero attached hydrogens (tertiary/aromatic N) is 1. The van der Waals surface area contributed by atoms with Crippen LogP contribution in [0.4, 0.5) is 5.13 Å². The van der Waals surface area contributed by atoms with Gasteiger partial charge in [0.25, 0.3) is 0 Å². The van der Waals surface area contributed by atoms with Crippen LogP contribution in [0.1, 0.15) is 37.5 Å². The maximum absolute atomic E-state index is 11.6. The first-order valence-electron chi connectivity index (χ1n) is 9.52. The van der Waals surface area contributed by atoms with E-state index in [4.69, 9.17) is 4.98 Å². The highest BCUT2D eigenvalue weighted by molar-refractivity contribution is 7.99. The van der Waals surface area contributed by atoms with Crippen LogP contribution in [0, 0.1) is 0 Å². The minimum atomic E-state index is -3.07. The fourth-order valence-corrected chi connectivity index (χ4v) is 6.33. The van der Waals surface area contributed by atoms with Gasteiger partial charge < -0.3 is 5.32 Å². The highest BCUT2D eigenvalue weighted by Crippen LogP contribution is 2.40. The average molecular weight is 426 g/mol. The van der Waals surface area contributed by atoms with Gasteiger partial charge >= 0.3 is 0 Å². The molecule has 0 bridgehead atoms. The lowest BCUT2D eigenvalue weighted by Crippen LogP contribution is -2.27. The Balaban J connectivity index is 1.43. The molecule has 3 rings (SSSR count). The smallest absolute Gasteiger partial charge is 0.211 e. The minimum Gasteiger partial charge on any atom is -0.361 e. The molecule has 1 aromatic carbocycles. The third-order valence-electron chi connectivity index (χ3n) is 4.35. The van der Waals surface area contributed by atoms with Crippen molar-refractivity contribution in [1.29, 1.82) is 0 Å². The van der Waals surface area contributed by atoms with Gasteiger partial charge in [-0.25, -0.2) is 18.1 Å². The summed E-state index contributed by atoms with van der Waals surface area (Å²) < 4.78 is 25.8. The standard InChI is InChI=1S/C19H27N3O2S3/c1-2-14-27(23,24)21-12-7-3-6-11-20-19-22-18-15-8-4-5-9-16(15)25-13-10-17(18)26-19/h4-5,8-9,21H,2-3,6-7,10-14H2,1H3,(H,20,22). The number of hydrogen-bond donors (Lipinski definition) is 2. The van der Waals surface area contributed by atoms with E-state index in [2.05, 4.69) is 34.3 Å². The van der Waals surface area contributed by atoms with E-state index in [-0.39, 0.29) is 5.75 Å². The zero-order chi connectivity index (χ0) is 19.1. The van der Waals surface area contributed by atoms with E-state index < -0.39 is 10.0 Å². The molecule has 0 aliphatic carbocycles. The number of aryl methyl sites for hydroxylation is 1. The normalized spacial score (nSPS) is 13.7. The Morgan fingerprint density at radius 1 is 1.15 bits per heavy atom. The molecule has 0 radical (unpaired) electrons. The van der Waals surface area contributed by atoms with Gasteiger partial charge in [-0.3, -0.25) is 0 Å². The molecule has 0 unspecified atom stereocenters. The number of anilines is 1. The van der Waals surface area contributed by atoms with E-state index in [9.17, 15) is 8.42 Å². The molecule has 27 heavy (non-hydrogen) atoms. The summed E-state index contributed by atoms with van der Waals surface area (Å²) in [7, 11) is -3.07. The highest BCUT2D eigenvalue weighted by atomic mass is 32.2. The second-order valence-corrected chi connectivity index (χ2v) is 10.7. The fraction of sp³-hybridized carbons (Fsp3) is 0.526. The molecule has 0 saturated carbocycles. The number of thiazole rings is 1. The van der Waals surface area contributed by atoms with Gasteiger partial charge in [0.15, 0.2) is 5.13 Å². The van der Waals surface area contributed by atoms with Crippen molar-refractivity contribution in [2.24, 2.45) is 0 Å². The number of rotatable bonds is 10. The summed E-state index contributed by atoms with van der Waals surface area (Å²) in [5, 5.41) is 4.43. The predicted molar refractivity (Wildman–Crippen MR) is 116 cm³/mol. The van der Waals surface area contributed by atoms with Crippen molar-refractivity contribution >= 4 is 38.3 Å². The second kappa shape index (κ2) is 9.91. The van der Waals surface area contributed by atoms with Gasteiger partial charge in [-0.1, -0.05) is 31.5 Å². The summed E-state index contributed by atoms with van der Waals surface area (Å²) in [6.45, 7) is 3.27. The molecule has 148 valence electrons.